The SMILES string of the molecule is CC(=O)n1cc(C(=O)NCCCc2ccccc2)c2ccc(F)cc21. The van der Waals surface area contributed by atoms with Crippen molar-refractivity contribution in [3.8, 4) is 0 Å². The van der Waals surface area contributed by atoms with E-state index in [9.17, 15) is 14.0 Å². The van der Waals surface area contributed by atoms with Crippen molar-refractivity contribution in [3.05, 3.63) is 71.7 Å². The largest absolute Gasteiger partial charge is 0.352 e. The van der Waals surface area contributed by atoms with Gasteiger partial charge in [0.15, 0.2) is 0 Å². The Labute approximate surface area is 145 Å². The third kappa shape index (κ3) is 3.76. The molecule has 0 aliphatic heterocycles. The van der Waals surface area contributed by atoms with E-state index in [0.717, 1.165) is 12.8 Å². The summed E-state index contributed by atoms with van der Waals surface area (Å²) in [6.45, 7) is 1.91. The van der Waals surface area contributed by atoms with Crippen LogP contribution in [0.5, 0.6) is 0 Å². The zero-order valence-electron chi connectivity index (χ0n) is 14.0. The van der Waals surface area contributed by atoms with Crippen LogP contribution >= 0.6 is 0 Å². The quantitative estimate of drug-likeness (QED) is 0.719. The van der Waals surface area contributed by atoms with E-state index < -0.39 is 5.82 Å². The summed E-state index contributed by atoms with van der Waals surface area (Å²) in [5, 5.41) is 3.44. The standard InChI is InChI=1S/C20H19FN2O2/c1-14(24)23-13-18(17-10-9-16(21)12-19(17)23)20(25)22-11-5-8-15-6-3-2-4-7-15/h2-4,6-7,9-10,12-13H,5,8,11H2,1H3,(H,22,25). The molecule has 128 valence electrons. The molecule has 25 heavy (non-hydrogen) atoms. The summed E-state index contributed by atoms with van der Waals surface area (Å²) in [6.07, 6.45) is 3.16. The molecule has 0 bridgehead atoms. The molecule has 0 saturated carbocycles. The van der Waals surface area contributed by atoms with Crippen LogP contribution < -0.4 is 5.32 Å². The average molecular weight is 338 g/mol. The Bertz CT molecular complexity index is 916. The Morgan fingerprint density at radius 1 is 1.12 bits per heavy atom. The number of carbonyl (C=O) groups is 2. The Morgan fingerprint density at radius 2 is 1.88 bits per heavy atom. The van der Waals surface area contributed by atoms with Crippen LogP contribution in [0.25, 0.3) is 10.9 Å². The van der Waals surface area contributed by atoms with Crippen LogP contribution in [0.15, 0.2) is 54.7 Å². The van der Waals surface area contributed by atoms with Gasteiger partial charge >= 0.3 is 0 Å². The molecule has 4 nitrogen and oxygen atoms in total. The third-order valence-electron chi connectivity index (χ3n) is 4.12. The van der Waals surface area contributed by atoms with E-state index in [0.29, 0.717) is 23.0 Å². The van der Waals surface area contributed by atoms with Gasteiger partial charge in [-0.3, -0.25) is 14.2 Å². The summed E-state index contributed by atoms with van der Waals surface area (Å²) in [4.78, 5) is 24.2. The molecule has 0 aliphatic rings. The van der Waals surface area contributed by atoms with Crippen LogP contribution in [0.1, 0.15) is 34.1 Å². The molecule has 0 saturated heterocycles. The number of hydrogen-bond donors (Lipinski definition) is 1. The van der Waals surface area contributed by atoms with Crippen LogP contribution in [-0.2, 0) is 6.42 Å². The zero-order chi connectivity index (χ0) is 17.8. The van der Waals surface area contributed by atoms with E-state index in [2.05, 4.69) is 17.4 Å². The van der Waals surface area contributed by atoms with Gasteiger partial charge in [-0.2, -0.15) is 0 Å². The number of hydrogen-bond acceptors (Lipinski definition) is 2. The lowest BCUT2D eigenvalue weighted by Crippen LogP contribution is -2.24. The highest BCUT2D eigenvalue weighted by molar-refractivity contribution is 6.09. The second kappa shape index (κ2) is 7.30. The molecule has 3 aromatic rings. The van der Waals surface area contributed by atoms with Crippen molar-refractivity contribution >= 4 is 22.7 Å². The molecular formula is C20H19FN2O2. The molecule has 3 rings (SSSR count). The molecule has 0 atom stereocenters. The van der Waals surface area contributed by atoms with Gasteiger partial charge in [-0.25, -0.2) is 4.39 Å². The predicted octanol–water partition coefficient (Wildman–Crippen LogP) is 3.80. The van der Waals surface area contributed by atoms with E-state index in [1.165, 1.54) is 41.5 Å². The molecule has 1 N–H and O–H groups in total. The van der Waals surface area contributed by atoms with Crippen molar-refractivity contribution in [2.24, 2.45) is 0 Å². The number of amides is 1. The normalized spacial score (nSPS) is 10.8. The fraction of sp³-hybridized carbons (Fsp3) is 0.200. The minimum Gasteiger partial charge on any atom is -0.352 e. The van der Waals surface area contributed by atoms with E-state index in [1.54, 1.807) is 0 Å². The van der Waals surface area contributed by atoms with Gasteiger partial charge in [0, 0.05) is 25.1 Å². The Hall–Kier alpha value is -2.95. The summed E-state index contributed by atoms with van der Waals surface area (Å²) in [6, 6.07) is 14.1. The van der Waals surface area contributed by atoms with Crippen LogP contribution in [-0.4, -0.2) is 22.9 Å². The lowest BCUT2D eigenvalue weighted by molar-refractivity contribution is 0.0941. The molecule has 0 spiro atoms. The summed E-state index contributed by atoms with van der Waals surface area (Å²) < 4.78 is 14.8. The molecule has 0 unspecified atom stereocenters. The molecule has 5 heteroatoms. The number of nitrogens with one attached hydrogen (secondary N) is 1. The minimum absolute atomic E-state index is 0.260. The van der Waals surface area contributed by atoms with Crippen molar-refractivity contribution in [2.75, 3.05) is 6.54 Å². The Kier molecular flexibility index (Phi) is 4.93. The van der Waals surface area contributed by atoms with Crippen molar-refractivity contribution in [3.63, 3.8) is 0 Å². The fourth-order valence-corrected chi connectivity index (χ4v) is 2.88. The molecule has 0 fully saturated rings. The van der Waals surface area contributed by atoms with E-state index >= 15 is 0 Å². The number of halogens is 1. The second-order valence-electron chi connectivity index (χ2n) is 5.94. The summed E-state index contributed by atoms with van der Waals surface area (Å²) >= 11 is 0. The lowest BCUT2D eigenvalue weighted by atomic mass is 10.1. The molecule has 1 heterocycles. The van der Waals surface area contributed by atoms with Crippen LogP contribution in [0.3, 0.4) is 0 Å². The van der Waals surface area contributed by atoms with Crippen LogP contribution in [0.4, 0.5) is 4.39 Å². The summed E-state index contributed by atoms with van der Waals surface area (Å²) in [7, 11) is 0. The van der Waals surface area contributed by atoms with Gasteiger partial charge in [0.05, 0.1) is 11.1 Å². The van der Waals surface area contributed by atoms with Gasteiger partial charge in [0.2, 0.25) is 5.91 Å². The molecular weight excluding hydrogens is 319 g/mol. The van der Waals surface area contributed by atoms with Crippen molar-refractivity contribution in [1.29, 1.82) is 0 Å². The number of fused-ring (bicyclic) bond motifs is 1. The smallest absolute Gasteiger partial charge is 0.253 e. The lowest BCUT2D eigenvalue weighted by Gasteiger charge is -2.04. The number of carbonyl (C=O) groups excluding carboxylic acids is 2. The van der Waals surface area contributed by atoms with Crippen molar-refractivity contribution in [2.45, 2.75) is 19.8 Å². The number of rotatable bonds is 5. The average Bonchev–Trinajstić information content (AvgIpc) is 2.98. The number of nitrogens with zero attached hydrogens (tertiary/aromatic N) is 1. The maximum atomic E-state index is 13.5. The van der Waals surface area contributed by atoms with E-state index in [4.69, 9.17) is 0 Å². The number of benzene rings is 2. The molecule has 0 aliphatic carbocycles. The van der Waals surface area contributed by atoms with Crippen molar-refractivity contribution in [1.82, 2.24) is 9.88 Å². The molecule has 1 amide bonds. The van der Waals surface area contributed by atoms with Gasteiger partial charge in [-0.05, 0) is 36.6 Å². The predicted molar refractivity (Wildman–Crippen MR) is 95.3 cm³/mol. The number of aromatic nitrogens is 1. The van der Waals surface area contributed by atoms with E-state index in [1.807, 2.05) is 18.2 Å². The van der Waals surface area contributed by atoms with Gasteiger partial charge < -0.3 is 5.32 Å². The zero-order valence-corrected chi connectivity index (χ0v) is 14.0. The highest BCUT2D eigenvalue weighted by Gasteiger charge is 2.17. The monoisotopic (exact) mass is 338 g/mol. The fourth-order valence-electron chi connectivity index (χ4n) is 2.88. The van der Waals surface area contributed by atoms with Crippen LogP contribution in [0, 0.1) is 5.82 Å². The van der Waals surface area contributed by atoms with E-state index in [-0.39, 0.29) is 11.8 Å². The first-order valence-corrected chi connectivity index (χ1v) is 8.20. The summed E-state index contributed by atoms with van der Waals surface area (Å²) in [5.74, 6) is -0.966. The second-order valence-corrected chi connectivity index (χ2v) is 5.94. The highest BCUT2D eigenvalue weighted by atomic mass is 19.1. The van der Waals surface area contributed by atoms with Crippen LogP contribution in [0.2, 0.25) is 0 Å². The van der Waals surface area contributed by atoms with Gasteiger partial charge in [0.1, 0.15) is 5.82 Å². The van der Waals surface area contributed by atoms with Gasteiger partial charge in [-0.15, -0.1) is 0 Å². The molecule has 0 radical (unpaired) electrons. The van der Waals surface area contributed by atoms with Crippen molar-refractivity contribution < 1.29 is 14.0 Å². The Morgan fingerprint density at radius 3 is 2.60 bits per heavy atom. The molecule has 1 aromatic heterocycles. The minimum atomic E-state index is -0.442. The first kappa shape index (κ1) is 16.9. The first-order valence-electron chi connectivity index (χ1n) is 8.20. The Balaban J connectivity index is 1.71. The maximum Gasteiger partial charge on any atom is 0.253 e. The van der Waals surface area contributed by atoms with Gasteiger partial charge in [0.25, 0.3) is 5.91 Å². The topological polar surface area (TPSA) is 51.1 Å². The third-order valence-corrected chi connectivity index (χ3v) is 4.12. The molecule has 2 aromatic carbocycles. The van der Waals surface area contributed by atoms with Gasteiger partial charge in [-0.1, -0.05) is 30.3 Å². The highest BCUT2D eigenvalue weighted by Crippen LogP contribution is 2.22. The summed E-state index contributed by atoms with van der Waals surface area (Å²) in [5.41, 5.74) is 2.01. The first-order chi connectivity index (χ1) is 12.1. The maximum absolute atomic E-state index is 13.5. The number of aryl methyl sites for hydroxylation is 1.